The lowest BCUT2D eigenvalue weighted by molar-refractivity contribution is -0.143. The van der Waals surface area contributed by atoms with E-state index in [0.717, 1.165) is 16.7 Å². The van der Waals surface area contributed by atoms with E-state index >= 15 is 0 Å². The van der Waals surface area contributed by atoms with Crippen molar-refractivity contribution in [2.75, 3.05) is 6.61 Å². The smallest absolute Gasteiger partial charge is 0.306 e. The van der Waals surface area contributed by atoms with Crippen molar-refractivity contribution in [2.45, 2.75) is 33.1 Å². The maximum absolute atomic E-state index is 13.0. The highest BCUT2D eigenvalue weighted by atomic mass is 35.5. The minimum atomic E-state index is -0.220. The van der Waals surface area contributed by atoms with Gasteiger partial charge in [-0.05, 0) is 49.1 Å². The first kappa shape index (κ1) is 19.2. The van der Waals surface area contributed by atoms with Crippen LogP contribution in [0.25, 0.3) is 11.0 Å². The van der Waals surface area contributed by atoms with E-state index in [1.807, 2.05) is 31.2 Å². The van der Waals surface area contributed by atoms with Crippen molar-refractivity contribution < 1.29 is 13.9 Å². The third kappa shape index (κ3) is 4.22. The Kier molecular flexibility index (Phi) is 5.97. The Morgan fingerprint density at radius 1 is 1.11 bits per heavy atom. The molecule has 3 rings (SSSR count). The molecule has 0 saturated carbocycles. The average Bonchev–Trinajstić information content (AvgIpc) is 2.66. The number of carbonyl (C=O) groups excluding carboxylic acids is 1. The number of rotatable bonds is 6. The van der Waals surface area contributed by atoms with Gasteiger partial charge in [0.05, 0.1) is 18.3 Å². The summed E-state index contributed by atoms with van der Waals surface area (Å²) >= 11 is 6.17. The highest BCUT2D eigenvalue weighted by Gasteiger charge is 2.14. The topological polar surface area (TPSA) is 56.5 Å². The lowest BCUT2D eigenvalue weighted by atomic mass is 9.96. The summed E-state index contributed by atoms with van der Waals surface area (Å²) in [4.78, 5) is 24.6. The van der Waals surface area contributed by atoms with Crippen LogP contribution in [-0.2, 0) is 22.4 Å². The van der Waals surface area contributed by atoms with E-state index in [1.165, 1.54) is 6.26 Å². The molecule has 0 aliphatic heterocycles. The number of carbonyl (C=O) groups is 1. The lowest BCUT2D eigenvalue weighted by Crippen LogP contribution is -2.12. The second kappa shape index (κ2) is 8.40. The Hall–Kier alpha value is -2.59. The van der Waals surface area contributed by atoms with Crippen LogP contribution in [0.4, 0.5) is 0 Å². The predicted octanol–water partition coefficient (Wildman–Crippen LogP) is 4.84. The SMILES string of the molecule is CCOC(=O)CCc1ccccc1Cc1coc2ccc(Cl)c(C)c2c1=O. The highest BCUT2D eigenvalue weighted by molar-refractivity contribution is 6.32. The average molecular weight is 385 g/mol. The monoisotopic (exact) mass is 384 g/mol. The van der Waals surface area contributed by atoms with Gasteiger partial charge in [-0.3, -0.25) is 9.59 Å². The molecule has 27 heavy (non-hydrogen) atoms. The van der Waals surface area contributed by atoms with Crippen molar-refractivity contribution in [1.82, 2.24) is 0 Å². The molecule has 5 heteroatoms. The van der Waals surface area contributed by atoms with Crippen molar-refractivity contribution in [1.29, 1.82) is 0 Å². The van der Waals surface area contributed by atoms with Gasteiger partial charge in [-0.15, -0.1) is 0 Å². The molecule has 0 bridgehead atoms. The normalized spacial score (nSPS) is 10.9. The molecule has 3 aromatic rings. The number of halogens is 1. The number of fused-ring (bicyclic) bond motifs is 1. The Labute approximate surface area is 162 Å². The van der Waals surface area contributed by atoms with Crippen LogP contribution in [0.1, 0.15) is 35.6 Å². The van der Waals surface area contributed by atoms with Crippen LogP contribution in [-0.4, -0.2) is 12.6 Å². The largest absolute Gasteiger partial charge is 0.466 e. The molecule has 0 unspecified atom stereocenters. The van der Waals surface area contributed by atoms with Gasteiger partial charge in [0.25, 0.3) is 0 Å². The molecule has 0 amide bonds. The van der Waals surface area contributed by atoms with Crippen molar-refractivity contribution in [3.8, 4) is 0 Å². The van der Waals surface area contributed by atoms with Gasteiger partial charge in [0.15, 0.2) is 5.43 Å². The minimum absolute atomic E-state index is 0.0727. The molecule has 4 nitrogen and oxygen atoms in total. The number of hydrogen-bond acceptors (Lipinski definition) is 4. The Morgan fingerprint density at radius 2 is 1.85 bits per heavy atom. The van der Waals surface area contributed by atoms with Crippen molar-refractivity contribution >= 4 is 28.5 Å². The molecule has 0 spiro atoms. The summed E-state index contributed by atoms with van der Waals surface area (Å²) in [5.41, 5.74) is 3.76. The van der Waals surface area contributed by atoms with Crippen LogP contribution in [0.3, 0.4) is 0 Å². The zero-order valence-electron chi connectivity index (χ0n) is 15.4. The summed E-state index contributed by atoms with van der Waals surface area (Å²) in [6.07, 6.45) is 2.83. The first-order valence-electron chi connectivity index (χ1n) is 8.93. The number of benzene rings is 2. The maximum atomic E-state index is 13.0. The summed E-state index contributed by atoms with van der Waals surface area (Å²) in [7, 11) is 0. The second-order valence-corrected chi connectivity index (χ2v) is 6.79. The molecule has 0 radical (unpaired) electrons. The number of aryl methyl sites for hydroxylation is 2. The maximum Gasteiger partial charge on any atom is 0.306 e. The van der Waals surface area contributed by atoms with Gasteiger partial charge in [0.2, 0.25) is 0 Å². The fourth-order valence-electron chi connectivity index (χ4n) is 3.16. The van der Waals surface area contributed by atoms with Gasteiger partial charge in [-0.1, -0.05) is 35.9 Å². The molecule has 0 saturated heterocycles. The molecule has 0 atom stereocenters. The molecule has 0 N–H and O–H groups in total. The second-order valence-electron chi connectivity index (χ2n) is 6.39. The van der Waals surface area contributed by atoms with Crippen LogP contribution in [0.2, 0.25) is 5.02 Å². The molecule has 2 aromatic carbocycles. The summed E-state index contributed by atoms with van der Waals surface area (Å²) in [6.45, 7) is 3.98. The minimum Gasteiger partial charge on any atom is -0.466 e. The van der Waals surface area contributed by atoms with E-state index in [9.17, 15) is 9.59 Å². The van der Waals surface area contributed by atoms with Crippen LogP contribution in [0.5, 0.6) is 0 Å². The lowest BCUT2D eigenvalue weighted by Gasteiger charge is -2.10. The molecule has 1 heterocycles. The fraction of sp³-hybridized carbons (Fsp3) is 0.273. The van der Waals surface area contributed by atoms with E-state index in [1.54, 1.807) is 19.1 Å². The van der Waals surface area contributed by atoms with Crippen LogP contribution >= 0.6 is 11.6 Å². The highest BCUT2D eigenvalue weighted by Crippen LogP contribution is 2.24. The Morgan fingerprint density at radius 3 is 2.59 bits per heavy atom. The summed E-state index contributed by atoms with van der Waals surface area (Å²) < 4.78 is 10.7. The molecule has 0 aliphatic carbocycles. The summed E-state index contributed by atoms with van der Waals surface area (Å²) in [5, 5.41) is 1.06. The standard InChI is InChI=1S/C22H21ClO4/c1-3-26-20(24)11-8-15-6-4-5-7-16(15)12-17-13-27-19-10-9-18(23)14(2)21(19)22(17)25/h4-7,9-10,13H,3,8,11-12H2,1-2H3. The number of ether oxygens (including phenoxy) is 1. The fourth-order valence-corrected chi connectivity index (χ4v) is 3.32. The van der Waals surface area contributed by atoms with E-state index in [-0.39, 0.29) is 11.4 Å². The first-order chi connectivity index (χ1) is 13.0. The summed E-state index contributed by atoms with van der Waals surface area (Å²) in [5.74, 6) is -0.220. The van der Waals surface area contributed by atoms with Crippen LogP contribution in [0, 0.1) is 6.92 Å². The van der Waals surface area contributed by atoms with Crippen molar-refractivity contribution in [3.05, 3.63) is 80.2 Å². The van der Waals surface area contributed by atoms with E-state index in [4.69, 9.17) is 20.8 Å². The zero-order valence-corrected chi connectivity index (χ0v) is 16.1. The summed E-state index contributed by atoms with van der Waals surface area (Å²) in [6, 6.07) is 11.2. The van der Waals surface area contributed by atoms with Gasteiger partial charge in [-0.2, -0.15) is 0 Å². The number of esters is 1. The predicted molar refractivity (Wildman–Crippen MR) is 106 cm³/mol. The Bertz CT molecular complexity index is 1040. The van der Waals surface area contributed by atoms with E-state index in [0.29, 0.717) is 47.4 Å². The molecule has 1 aromatic heterocycles. The first-order valence-corrected chi connectivity index (χ1v) is 9.31. The van der Waals surface area contributed by atoms with Gasteiger partial charge in [-0.25, -0.2) is 0 Å². The van der Waals surface area contributed by atoms with E-state index in [2.05, 4.69) is 0 Å². The van der Waals surface area contributed by atoms with Crippen molar-refractivity contribution in [2.24, 2.45) is 0 Å². The van der Waals surface area contributed by atoms with Gasteiger partial charge >= 0.3 is 5.97 Å². The Balaban J connectivity index is 1.92. The third-order valence-electron chi connectivity index (χ3n) is 4.61. The molecule has 140 valence electrons. The van der Waals surface area contributed by atoms with Gasteiger partial charge in [0, 0.05) is 23.4 Å². The molecular weight excluding hydrogens is 364 g/mol. The molecule has 0 aliphatic rings. The van der Waals surface area contributed by atoms with Crippen LogP contribution in [0.15, 0.2) is 51.9 Å². The van der Waals surface area contributed by atoms with Gasteiger partial charge < -0.3 is 9.15 Å². The quantitative estimate of drug-likeness (QED) is 0.570. The van der Waals surface area contributed by atoms with Gasteiger partial charge in [0.1, 0.15) is 5.58 Å². The zero-order chi connectivity index (χ0) is 19.4. The van der Waals surface area contributed by atoms with Crippen LogP contribution < -0.4 is 5.43 Å². The van der Waals surface area contributed by atoms with Crippen molar-refractivity contribution in [3.63, 3.8) is 0 Å². The molecule has 0 fully saturated rings. The molecular formula is C22H21ClO4. The van der Waals surface area contributed by atoms with E-state index < -0.39 is 0 Å². The third-order valence-corrected chi connectivity index (χ3v) is 5.02. The number of hydrogen-bond donors (Lipinski definition) is 0.